The minimum Gasteiger partial charge on any atom is -0.310 e. The van der Waals surface area contributed by atoms with Crippen molar-refractivity contribution in [2.75, 3.05) is 5.32 Å². The highest BCUT2D eigenvalue weighted by Gasteiger charge is 2.06. The van der Waals surface area contributed by atoms with Gasteiger partial charge in [-0.2, -0.15) is 0 Å². The molecule has 0 bridgehead atoms. The van der Waals surface area contributed by atoms with Gasteiger partial charge in [0.15, 0.2) is 0 Å². The van der Waals surface area contributed by atoms with Crippen molar-refractivity contribution in [3.63, 3.8) is 0 Å². The van der Waals surface area contributed by atoms with E-state index in [9.17, 15) is 4.79 Å². The van der Waals surface area contributed by atoms with Crippen LogP contribution in [-0.2, 0) is 11.2 Å². The fourth-order valence-corrected chi connectivity index (χ4v) is 2.02. The van der Waals surface area contributed by atoms with Gasteiger partial charge >= 0.3 is 0 Å². The number of anilines is 1. The van der Waals surface area contributed by atoms with E-state index in [0.29, 0.717) is 12.2 Å². The van der Waals surface area contributed by atoms with Gasteiger partial charge in [0.05, 0.1) is 6.42 Å². The Bertz CT molecular complexity index is 611. The van der Waals surface area contributed by atoms with Crippen LogP contribution in [-0.4, -0.2) is 10.9 Å². The number of carbonyl (C=O) groups is 1. The number of hydrogen-bond donors (Lipinski definition) is 1. The molecule has 3 nitrogen and oxygen atoms in total. The first-order chi connectivity index (χ1) is 9.04. The third-order valence-corrected chi connectivity index (χ3v) is 3.59. The molecule has 1 amide bonds. The number of hydrogen-bond acceptors (Lipinski definition) is 2. The van der Waals surface area contributed by atoms with Crippen molar-refractivity contribution in [3.05, 3.63) is 57.7 Å². The van der Waals surface area contributed by atoms with Crippen LogP contribution in [0.3, 0.4) is 0 Å². The second-order valence-electron chi connectivity index (χ2n) is 4.53. The van der Waals surface area contributed by atoms with Crippen LogP contribution in [0.15, 0.2) is 41.0 Å². The lowest BCUT2D eigenvalue weighted by molar-refractivity contribution is -0.115. The Balaban J connectivity index is 2.03. The summed E-state index contributed by atoms with van der Waals surface area (Å²) in [6, 6.07) is 9.78. The Labute approximate surface area is 121 Å². The molecule has 0 spiro atoms. The zero-order chi connectivity index (χ0) is 13.8. The maximum absolute atomic E-state index is 11.9. The number of carbonyl (C=O) groups excluding carboxylic acids is 1. The van der Waals surface area contributed by atoms with Crippen LogP contribution in [0.5, 0.6) is 0 Å². The van der Waals surface area contributed by atoms with Crippen molar-refractivity contribution in [2.45, 2.75) is 20.3 Å². The van der Waals surface area contributed by atoms with Crippen molar-refractivity contribution in [3.8, 4) is 0 Å². The summed E-state index contributed by atoms with van der Waals surface area (Å²) in [6.07, 6.45) is 2.05. The fourth-order valence-electron chi connectivity index (χ4n) is 1.80. The molecule has 0 saturated heterocycles. The number of rotatable bonds is 3. The lowest BCUT2D eigenvalue weighted by Gasteiger charge is -2.06. The molecule has 19 heavy (non-hydrogen) atoms. The van der Waals surface area contributed by atoms with Gasteiger partial charge in [-0.1, -0.05) is 29.8 Å². The van der Waals surface area contributed by atoms with Crippen molar-refractivity contribution < 1.29 is 4.79 Å². The van der Waals surface area contributed by atoms with E-state index in [2.05, 4.69) is 26.2 Å². The number of halogens is 1. The summed E-state index contributed by atoms with van der Waals surface area (Å²) in [4.78, 5) is 16.1. The summed E-state index contributed by atoms with van der Waals surface area (Å²) in [5.74, 6) is 0.526. The Morgan fingerprint density at radius 1 is 1.32 bits per heavy atom. The lowest BCUT2D eigenvalue weighted by atomic mass is 10.1. The average molecular weight is 319 g/mol. The largest absolute Gasteiger partial charge is 0.310 e. The van der Waals surface area contributed by atoms with Crippen LogP contribution in [0.1, 0.15) is 16.7 Å². The number of nitrogens with zero attached hydrogens (tertiary/aromatic N) is 1. The standard InChI is InChI=1S/C15H15BrN2O/c1-10-4-3-5-12(6-10)8-15(19)18-14-7-11(2)13(16)9-17-14/h3-7,9H,8H2,1-2H3,(H,17,18,19). The molecule has 0 radical (unpaired) electrons. The first-order valence-electron chi connectivity index (χ1n) is 6.02. The van der Waals surface area contributed by atoms with Gasteiger partial charge in [-0.3, -0.25) is 4.79 Å². The van der Waals surface area contributed by atoms with Crippen LogP contribution in [0.4, 0.5) is 5.82 Å². The molecule has 0 aliphatic rings. The van der Waals surface area contributed by atoms with Crippen LogP contribution < -0.4 is 5.32 Å². The van der Waals surface area contributed by atoms with Gasteiger partial charge < -0.3 is 5.32 Å². The van der Waals surface area contributed by atoms with Crippen LogP contribution in [0.25, 0.3) is 0 Å². The minimum atomic E-state index is -0.0557. The molecule has 2 rings (SSSR count). The number of benzene rings is 1. The molecule has 1 aromatic carbocycles. The maximum atomic E-state index is 11.9. The molecule has 1 aromatic heterocycles. The van der Waals surface area contributed by atoms with E-state index in [-0.39, 0.29) is 5.91 Å². The summed E-state index contributed by atoms with van der Waals surface area (Å²) < 4.78 is 0.934. The molecule has 0 atom stereocenters. The molecule has 1 N–H and O–H groups in total. The molecule has 98 valence electrons. The molecule has 0 saturated carbocycles. The van der Waals surface area contributed by atoms with Crippen molar-refractivity contribution >= 4 is 27.7 Å². The third kappa shape index (κ3) is 3.89. The molecule has 4 heteroatoms. The predicted octanol–water partition coefficient (Wildman–Crippen LogP) is 3.64. The SMILES string of the molecule is Cc1cccc(CC(=O)Nc2cc(C)c(Br)cn2)c1. The summed E-state index contributed by atoms with van der Waals surface area (Å²) >= 11 is 3.38. The van der Waals surface area contributed by atoms with Crippen LogP contribution in [0, 0.1) is 13.8 Å². The topological polar surface area (TPSA) is 42.0 Å². The molecule has 0 aliphatic carbocycles. The third-order valence-electron chi connectivity index (χ3n) is 2.76. The summed E-state index contributed by atoms with van der Waals surface area (Å²) in [7, 11) is 0. The van der Waals surface area contributed by atoms with Crippen molar-refractivity contribution in [1.29, 1.82) is 0 Å². The maximum Gasteiger partial charge on any atom is 0.229 e. The molecule has 2 aromatic rings. The smallest absolute Gasteiger partial charge is 0.229 e. The predicted molar refractivity (Wildman–Crippen MR) is 80.2 cm³/mol. The Hall–Kier alpha value is -1.68. The van der Waals surface area contributed by atoms with E-state index in [1.54, 1.807) is 6.20 Å². The molecule has 0 fully saturated rings. The number of pyridine rings is 1. The van der Waals surface area contributed by atoms with E-state index in [1.165, 1.54) is 0 Å². The first-order valence-corrected chi connectivity index (χ1v) is 6.81. The normalized spacial score (nSPS) is 10.3. The van der Waals surface area contributed by atoms with Gasteiger partial charge in [0, 0.05) is 10.7 Å². The van der Waals surface area contributed by atoms with Gasteiger partial charge in [-0.05, 0) is 47.0 Å². The lowest BCUT2D eigenvalue weighted by Crippen LogP contribution is -2.15. The quantitative estimate of drug-likeness (QED) is 0.938. The number of aryl methyl sites for hydroxylation is 2. The monoisotopic (exact) mass is 318 g/mol. The molecular formula is C15H15BrN2O. The van der Waals surface area contributed by atoms with Gasteiger partial charge in [-0.15, -0.1) is 0 Å². The van der Waals surface area contributed by atoms with Gasteiger partial charge in [0.25, 0.3) is 0 Å². The van der Waals surface area contributed by atoms with Crippen molar-refractivity contribution in [1.82, 2.24) is 4.98 Å². The van der Waals surface area contributed by atoms with Crippen LogP contribution >= 0.6 is 15.9 Å². The Morgan fingerprint density at radius 2 is 2.11 bits per heavy atom. The van der Waals surface area contributed by atoms with Crippen LogP contribution in [0.2, 0.25) is 0 Å². The summed E-state index contributed by atoms with van der Waals surface area (Å²) in [5, 5.41) is 2.81. The summed E-state index contributed by atoms with van der Waals surface area (Å²) in [5.41, 5.74) is 3.20. The molecular weight excluding hydrogens is 304 g/mol. The summed E-state index contributed by atoms with van der Waals surface area (Å²) in [6.45, 7) is 3.98. The number of nitrogens with one attached hydrogen (secondary N) is 1. The fraction of sp³-hybridized carbons (Fsp3) is 0.200. The zero-order valence-electron chi connectivity index (χ0n) is 10.9. The molecule has 0 unspecified atom stereocenters. The second kappa shape index (κ2) is 5.97. The van der Waals surface area contributed by atoms with E-state index < -0.39 is 0 Å². The number of aromatic nitrogens is 1. The zero-order valence-corrected chi connectivity index (χ0v) is 12.5. The van der Waals surface area contributed by atoms with E-state index in [0.717, 1.165) is 21.2 Å². The highest BCUT2D eigenvalue weighted by molar-refractivity contribution is 9.10. The van der Waals surface area contributed by atoms with Gasteiger partial charge in [0.2, 0.25) is 5.91 Å². The first kappa shape index (κ1) is 13.7. The molecule has 0 aliphatic heterocycles. The van der Waals surface area contributed by atoms with E-state index in [1.807, 2.05) is 44.2 Å². The van der Waals surface area contributed by atoms with E-state index >= 15 is 0 Å². The van der Waals surface area contributed by atoms with E-state index in [4.69, 9.17) is 0 Å². The minimum absolute atomic E-state index is 0.0557. The highest BCUT2D eigenvalue weighted by Crippen LogP contribution is 2.17. The Morgan fingerprint density at radius 3 is 2.79 bits per heavy atom. The van der Waals surface area contributed by atoms with Gasteiger partial charge in [-0.25, -0.2) is 4.98 Å². The molecule has 1 heterocycles. The average Bonchev–Trinajstić information content (AvgIpc) is 2.34. The second-order valence-corrected chi connectivity index (χ2v) is 5.39. The highest BCUT2D eigenvalue weighted by atomic mass is 79.9. The van der Waals surface area contributed by atoms with Gasteiger partial charge in [0.1, 0.15) is 5.82 Å². The van der Waals surface area contributed by atoms with Crippen molar-refractivity contribution in [2.24, 2.45) is 0 Å². The number of amides is 1. The Kier molecular flexibility index (Phi) is 4.32.